The maximum absolute atomic E-state index is 11.9. The molecule has 0 saturated heterocycles. The molecule has 1 heterocycles. The lowest BCUT2D eigenvalue weighted by Crippen LogP contribution is -2.19. The summed E-state index contributed by atoms with van der Waals surface area (Å²) in [6.07, 6.45) is 0. The van der Waals surface area contributed by atoms with Crippen LogP contribution in [0.5, 0.6) is 0 Å². The number of nitrogens with zero attached hydrogens (tertiary/aromatic N) is 1. The molecule has 0 radical (unpaired) electrons. The van der Waals surface area contributed by atoms with Crippen molar-refractivity contribution in [1.82, 2.24) is 5.43 Å². The van der Waals surface area contributed by atoms with Crippen molar-refractivity contribution in [2.24, 2.45) is 5.10 Å². The van der Waals surface area contributed by atoms with E-state index in [0.717, 1.165) is 10.6 Å². The molecule has 0 aliphatic heterocycles. The number of hydrogen-bond acceptors (Lipinski definition) is 3. The largest absolute Gasteiger partial charge is 0.271 e. The van der Waals surface area contributed by atoms with Crippen molar-refractivity contribution < 1.29 is 4.79 Å². The highest BCUT2D eigenvalue weighted by molar-refractivity contribution is 7.14. The molecule has 0 fully saturated rings. The first-order valence-electron chi connectivity index (χ1n) is 5.84. The van der Waals surface area contributed by atoms with E-state index in [4.69, 9.17) is 23.2 Å². The van der Waals surface area contributed by atoms with Gasteiger partial charge in [-0.2, -0.15) is 5.10 Å². The van der Waals surface area contributed by atoms with Crippen LogP contribution in [0.15, 0.2) is 35.4 Å². The summed E-state index contributed by atoms with van der Waals surface area (Å²) in [6, 6.07) is 8.69. The molecule has 0 spiro atoms. The number of nitrogens with one attached hydrogen (secondary N) is 1. The van der Waals surface area contributed by atoms with Crippen molar-refractivity contribution in [1.29, 1.82) is 0 Å². The first-order chi connectivity index (χ1) is 9.47. The average molecular weight is 327 g/mol. The Morgan fingerprint density at radius 2 is 1.95 bits per heavy atom. The highest BCUT2D eigenvalue weighted by Crippen LogP contribution is 2.22. The molecule has 104 valence electrons. The second kappa shape index (κ2) is 6.39. The van der Waals surface area contributed by atoms with E-state index in [-0.39, 0.29) is 5.91 Å². The van der Waals surface area contributed by atoms with Gasteiger partial charge in [-0.15, -0.1) is 11.3 Å². The van der Waals surface area contributed by atoms with Crippen LogP contribution < -0.4 is 5.43 Å². The summed E-state index contributed by atoms with van der Waals surface area (Å²) < 4.78 is 0. The van der Waals surface area contributed by atoms with Gasteiger partial charge in [-0.05, 0) is 44.2 Å². The molecule has 6 heteroatoms. The van der Waals surface area contributed by atoms with E-state index in [1.54, 1.807) is 23.5 Å². The minimum atomic E-state index is -0.323. The number of aryl methyl sites for hydroxylation is 1. The normalized spacial score (nSPS) is 11.5. The van der Waals surface area contributed by atoms with E-state index < -0.39 is 0 Å². The van der Waals surface area contributed by atoms with Gasteiger partial charge in [-0.3, -0.25) is 4.79 Å². The molecule has 0 atom stereocenters. The molecule has 1 amide bonds. The van der Waals surface area contributed by atoms with Crippen LogP contribution in [0.25, 0.3) is 0 Å². The van der Waals surface area contributed by atoms with Gasteiger partial charge in [0.15, 0.2) is 0 Å². The topological polar surface area (TPSA) is 41.5 Å². The van der Waals surface area contributed by atoms with Gasteiger partial charge in [0, 0.05) is 10.4 Å². The Bertz CT molecular complexity index is 680. The van der Waals surface area contributed by atoms with Crippen molar-refractivity contribution >= 4 is 46.2 Å². The molecule has 1 aromatic heterocycles. The van der Waals surface area contributed by atoms with E-state index in [1.807, 2.05) is 26.0 Å². The number of carbonyl (C=O) groups excluding carboxylic acids is 1. The minimum Gasteiger partial charge on any atom is -0.267 e. The fourth-order valence-electron chi connectivity index (χ4n) is 1.52. The monoisotopic (exact) mass is 326 g/mol. The molecule has 0 saturated carbocycles. The number of carbonyl (C=O) groups is 1. The Balaban J connectivity index is 2.09. The predicted octanol–water partition coefficient (Wildman–Crippen LogP) is 4.52. The maximum atomic E-state index is 11.9. The van der Waals surface area contributed by atoms with Gasteiger partial charge in [-0.1, -0.05) is 23.2 Å². The Morgan fingerprint density at radius 1 is 1.20 bits per heavy atom. The number of rotatable bonds is 3. The molecule has 2 rings (SSSR count). The molecule has 1 N–H and O–H groups in total. The summed E-state index contributed by atoms with van der Waals surface area (Å²) in [4.78, 5) is 14.2. The zero-order chi connectivity index (χ0) is 14.7. The Labute approximate surface area is 131 Å². The SMILES string of the molecule is C/C(=N/NC(=O)c1ccc(Cl)c(Cl)c1)c1ccc(C)s1. The van der Waals surface area contributed by atoms with Crippen molar-refractivity contribution in [3.63, 3.8) is 0 Å². The third kappa shape index (κ3) is 3.60. The van der Waals surface area contributed by atoms with Gasteiger partial charge in [0.05, 0.1) is 20.6 Å². The summed E-state index contributed by atoms with van der Waals surface area (Å²) in [7, 11) is 0. The summed E-state index contributed by atoms with van der Waals surface area (Å²) in [5.74, 6) is -0.323. The zero-order valence-electron chi connectivity index (χ0n) is 10.9. The summed E-state index contributed by atoms with van der Waals surface area (Å²) in [5.41, 5.74) is 3.68. The van der Waals surface area contributed by atoms with Crippen molar-refractivity contribution in [3.8, 4) is 0 Å². The third-order valence-corrected chi connectivity index (χ3v) is 4.45. The van der Waals surface area contributed by atoms with Crippen LogP contribution in [0, 0.1) is 6.92 Å². The molecule has 0 aliphatic rings. The van der Waals surface area contributed by atoms with Crippen LogP contribution in [0.1, 0.15) is 27.0 Å². The zero-order valence-corrected chi connectivity index (χ0v) is 13.2. The van der Waals surface area contributed by atoms with Gasteiger partial charge in [0.25, 0.3) is 5.91 Å². The molecular weight excluding hydrogens is 315 g/mol. The second-order valence-electron chi connectivity index (χ2n) is 4.18. The third-order valence-electron chi connectivity index (χ3n) is 2.60. The molecule has 0 bridgehead atoms. The van der Waals surface area contributed by atoms with E-state index in [1.165, 1.54) is 10.9 Å². The second-order valence-corrected chi connectivity index (χ2v) is 6.28. The summed E-state index contributed by atoms with van der Waals surface area (Å²) in [6.45, 7) is 3.87. The Hall–Kier alpha value is -1.36. The molecule has 0 unspecified atom stereocenters. The first kappa shape index (κ1) is 15.0. The number of halogens is 2. The maximum Gasteiger partial charge on any atom is 0.271 e. The van der Waals surface area contributed by atoms with Crippen molar-refractivity contribution in [2.45, 2.75) is 13.8 Å². The summed E-state index contributed by atoms with van der Waals surface area (Å²) in [5, 5.41) is 4.84. The van der Waals surface area contributed by atoms with Gasteiger partial charge in [0.1, 0.15) is 0 Å². The lowest BCUT2D eigenvalue weighted by molar-refractivity contribution is 0.0955. The number of thiophene rings is 1. The highest BCUT2D eigenvalue weighted by Gasteiger charge is 2.08. The van der Waals surface area contributed by atoms with Crippen molar-refractivity contribution in [3.05, 3.63) is 55.7 Å². The van der Waals surface area contributed by atoms with Crippen LogP contribution in [0.3, 0.4) is 0 Å². The van der Waals surface area contributed by atoms with E-state index >= 15 is 0 Å². The molecule has 0 aliphatic carbocycles. The lowest BCUT2D eigenvalue weighted by atomic mass is 10.2. The highest BCUT2D eigenvalue weighted by atomic mass is 35.5. The van der Waals surface area contributed by atoms with Crippen LogP contribution in [0.4, 0.5) is 0 Å². The van der Waals surface area contributed by atoms with Crippen LogP contribution in [0.2, 0.25) is 10.0 Å². The molecule has 20 heavy (non-hydrogen) atoms. The van der Waals surface area contributed by atoms with Gasteiger partial charge >= 0.3 is 0 Å². The van der Waals surface area contributed by atoms with E-state index in [0.29, 0.717) is 15.6 Å². The lowest BCUT2D eigenvalue weighted by Gasteiger charge is -2.03. The Morgan fingerprint density at radius 3 is 2.55 bits per heavy atom. The van der Waals surface area contributed by atoms with E-state index in [2.05, 4.69) is 10.5 Å². The minimum absolute atomic E-state index is 0.323. The van der Waals surface area contributed by atoms with Crippen molar-refractivity contribution in [2.75, 3.05) is 0 Å². The number of hydrazone groups is 1. The van der Waals surface area contributed by atoms with Gasteiger partial charge in [-0.25, -0.2) is 5.43 Å². The van der Waals surface area contributed by atoms with Crippen LogP contribution >= 0.6 is 34.5 Å². The molecule has 3 nitrogen and oxygen atoms in total. The predicted molar refractivity (Wildman–Crippen MR) is 85.2 cm³/mol. The number of benzene rings is 1. The quantitative estimate of drug-likeness (QED) is 0.654. The molecular formula is C14H12Cl2N2OS. The fraction of sp³-hybridized carbons (Fsp3) is 0.143. The number of amides is 1. The average Bonchev–Trinajstić information content (AvgIpc) is 2.85. The molecule has 1 aromatic carbocycles. The van der Waals surface area contributed by atoms with Gasteiger partial charge < -0.3 is 0 Å². The van der Waals surface area contributed by atoms with E-state index in [9.17, 15) is 4.79 Å². The first-order valence-corrected chi connectivity index (χ1v) is 7.41. The van der Waals surface area contributed by atoms with Gasteiger partial charge in [0.2, 0.25) is 0 Å². The molecule has 2 aromatic rings. The standard InChI is InChI=1S/C14H12Cl2N2OS/c1-8-3-6-13(20-8)9(2)17-18-14(19)10-4-5-11(15)12(16)7-10/h3-7H,1-2H3,(H,18,19)/b17-9-. The van der Waals surface area contributed by atoms with Crippen LogP contribution in [-0.2, 0) is 0 Å². The number of hydrogen-bond donors (Lipinski definition) is 1. The fourth-order valence-corrected chi connectivity index (χ4v) is 2.63. The smallest absolute Gasteiger partial charge is 0.267 e. The summed E-state index contributed by atoms with van der Waals surface area (Å²) >= 11 is 13.3. The Kier molecular flexibility index (Phi) is 4.81. The van der Waals surface area contributed by atoms with Crippen LogP contribution in [-0.4, -0.2) is 11.6 Å².